The molecule has 0 aliphatic rings. The number of fused-ring (bicyclic) bond motifs is 1. The van der Waals surface area contributed by atoms with Gasteiger partial charge in [0.25, 0.3) is 0 Å². The van der Waals surface area contributed by atoms with Crippen LogP contribution in [0.2, 0.25) is 0 Å². The molecule has 0 saturated carbocycles. The van der Waals surface area contributed by atoms with Gasteiger partial charge in [0.1, 0.15) is 16.1 Å². The SMILES string of the molecule is COc1ccc2nc(C(Cl)c3ccccc3)sc2c1. The fourth-order valence-electron chi connectivity index (χ4n) is 1.92. The number of halogens is 1. The van der Waals surface area contributed by atoms with E-state index in [4.69, 9.17) is 16.3 Å². The van der Waals surface area contributed by atoms with E-state index in [9.17, 15) is 0 Å². The summed E-state index contributed by atoms with van der Waals surface area (Å²) in [5, 5.41) is 0.709. The molecule has 19 heavy (non-hydrogen) atoms. The zero-order valence-corrected chi connectivity index (χ0v) is 11.9. The zero-order chi connectivity index (χ0) is 13.2. The molecule has 1 unspecified atom stereocenters. The van der Waals surface area contributed by atoms with E-state index in [2.05, 4.69) is 4.98 Å². The summed E-state index contributed by atoms with van der Waals surface area (Å²) in [6.45, 7) is 0. The monoisotopic (exact) mass is 289 g/mol. The molecule has 0 N–H and O–H groups in total. The second-order valence-electron chi connectivity index (χ2n) is 4.16. The maximum Gasteiger partial charge on any atom is 0.120 e. The Hall–Kier alpha value is -1.58. The molecule has 0 spiro atoms. The van der Waals surface area contributed by atoms with Gasteiger partial charge in [-0.15, -0.1) is 22.9 Å². The number of hydrogen-bond acceptors (Lipinski definition) is 3. The summed E-state index contributed by atoms with van der Waals surface area (Å²) >= 11 is 8.10. The average Bonchev–Trinajstić information content (AvgIpc) is 2.90. The summed E-state index contributed by atoms with van der Waals surface area (Å²) in [7, 11) is 1.66. The highest BCUT2D eigenvalue weighted by Gasteiger charge is 2.15. The van der Waals surface area contributed by atoms with Crippen LogP contribution >= 0.6 is 22.9 Å². The predicted octanol–water partition coefficient (Wildman–Crippen LogP) is 4.63. The number of alkyl halides is 1. The summed E-state index contributed by atoms with van der Waals surface area (Å²) in [5.74, 6) is 0.841. The van der Waals surface area contributed by atoms with E-state index in [-0.39, 0.29) is 5.38 Å². The summed E-state index contributed by atoms with van der Waals surface area (Å²) < 4.78 is 6.32. The van der Waals surface area contributed by atoms with Crippen LogP contribution in [0.3, 0.4) is 0 Å². The second kappa shape index (κ2) is 5.19. The number of aromatic nitrogens is 1. The number of benzene rings is 2. The van der Waals surface area contributed by atoms with Crippen molar-refractivity contribution in [3.63, 3.8) is 0 Å². The third-order valence-electron chi connectivity index (χ3n) is 2.92. The molecule has 2 aromatic carbocycles. The zero-order valence-electron chi connectivity index (χ0n) is 10.3. The molecule has 1 atom stereocenters. The Bertz CT molecular complexity index is 696. The molecule has 0 radical (unpaired) electrons. The number of rotatable bonds is 3. The first-order chi connectivity index (χ1) is 9.28. The Morgan fingerprint density at radius 3 is 2.68 bits per heavy atom. The average molecular weight is 290 g/mol. The normalized spacial score (nSPS) is 12.5. The largest absolute Gasteiger partial charge is 0.497 e. The molecule has 96 valence electrons. The number of thiazole rings is 1. The molecule has 0 saturated heterocycles. The minimum atomic E-state index is -0.204. The number of ether oxygens (including phenoxy) is 1. The van der Waals surface area contributed by atoms with Crippen LogP contribution in [0.5, 0.6) is 5.75 Å². The van der Waals surface area contributed by atoms with Gasteiger partial charge in [-0.3, -0.25) is 0 Å². The first-order valence-corrected chi connectivity index (χ1v) is 7.17. The molecular formula is C15H12ClNOS. The van der Waals surface area contributed by atoms with Gasteiger partial charge in [0, 0.05) is 0 Å². The molecule has 3 aromatic rings. The van der Waals surface area contributed by atoms with Crippen molar-refractivity contribution in [2.45, 2.75) is 5.38 Å². The Kier molecular flexibility index (Phi) is 3.40. The first kappa shape index (κ1) is 12.5. The first-order valence-electron chi connectivity index (χ1n) is 5.91. The van der Waals surface area contributed by atoms with Crippen LogP contribution in [-0.2, 0) is 0 Å². The minimum absolute atomic E-state index is 0.204. The van der Waals surface area contributed by atoms with Crippen molar-refractivity contribution in [1.29, 1.82) is 0 Å². The molecule has 0 aliphatic heterocycles. The lowest BCUT2D eigenvalue weighted by Crippen LogP contribution is -1.91. The van der Waals surface area contributed by atoms with Crippen molar-refractivity contribution < 1.29 is 4.74 Å². The summed E-state index contributed by atoms with van der Waals surface area (Å²) in [4.78, 5) is 4.60. The Labute approximate surface area is 120 Å². The maximum absolute atomic E-state index is 6.49. The maximum atomic E-state index is 6.49. The van der Waals surface area contributed by atoms with E-state index in [1.54, 1.807) is 18.4 Å². The third kappa shape index (κ3) is 2.44. The van der Waals surface area contributed by atoms with Crippen LogP contribution in [0.4, 0.5) is 0 Å². The molecule has 4 heteroatoms. The molecule has 0 fully saturated rings. The molecule has 0 bridgehead atoms. The van der Waals surface area contributed by atoms with Gasteiger partial charge in [0.15, 0.2) is 0 Å². The predicted molar refractivity (Wildman–Crippen MR) is 80.3 cm³/mol. The van der Waals surface area contributed by atoms with E-state index in [0.29, 0.717) is 0 Å². The van der Waals surface area contributed by atoms with Gasteiger partial charge >= 0.3 is 0 Å². The van der Waals surface area contributed by atoms with E-state index in [1.807, 2.05) is 48.5 Å². The standard InChI is InChI=1S/C15H12ClNOS/c1-18-11-7-8-12-13(9-11)19-15(17-12)14(16)10-5-3-2-4-6-10/h2-9,14H,1H3. The van der Waals surface area contributed by atoms with Crippen LogP contribution in [0.15, 0.2) is 48.5 Å². The molecular weight excluding hydrogens is 278 g/mol. The van der Waals surface area contributed by atoms with Gasteiger partial charge in [-0.25, -0.2) is 4.98 Å². The van der Waals surface area contributed by atoms with Crippen LogP contribution in [0.25, 0.3) is 10.2 Å². The van der Waals surface area contributed by atoms with Gasteiger partial charge in [0.05, 0.1) is 17.3 Å². The van der Waals surface area contributed by atoms with Gasteiger partial charge < -0.3 is 4.74 Å². The van der Waals surface area contributed by atoms with Crippen molar-refractivity contribution in [2.24, 2.45) is 0 Å². The summed E-state index contributed by atoms with van der Waals surface area (Å²) in [6.07, 6.45) is 0. The third-order valence-corrected chi connectivity index (χ3v) is 4.59. The van der Waals surface area contributed by atoms with Gasteiger partial charge in [-0.05, 0) is 23.8 Å². The lowest BCUT2D eigenvalue weighted by molar-refractivity contribution is 0.415. The molecule has 1 heterocycles. The number of hydrogen-bond donors (Lipinski definition) is 0. The number of nitrogens with zero attached hydrogens (tertiary/aromatic N) is 1. The molecule has 1 aromatic heterocycles. The second-order valence-corrected chi connectivity index (χ2v) is 5.66. The Balaban J connectivity index is 2.01. The highest BCUT2D eigenvalue weighted by atomic mass is 35.5. The van der Waals surface area contributed by atoms with E-state index >= 15 is 0 Å². The van der Waals surface area contributed by atoms with Crippen LogP contribution < -0.4 is 4.74 Å². The minimum Gasteiger partial charge on any atom is -0.497 e. The highest BCUT2D eigenvalue weighted by Crippen LogP contribution is 2.35. The quantitative estimate of drug-likeness (QED) is 0.656. The van der Waals surface area contributed by atoms with Gasteiger partial charge in [-0.1, -0.05) is 30.3 Å². The van der Waals surface area contributed by atoms with Gasteiger partial charge in [0.2, 0.25) is 0 Å². The highest BCUT2D eigenvalue weighted by molar-refractivity contribution is 7.18. The van der Waals surface area contributed by atoms with Gasteiger partial charge in [-0.2, -0.15) is 0 Å². The van der Waals surface area contributed by atoms with Crippen LogP contribution in [0, 0.1) is 0 Å². The lowest BCUT2D eigenvalue weighted by Gasteiger charge is -2.05. The van der Waals surface area contributed by atoms with E-state index in [0.717, 1.165) is 26.5 Å². The summed E-state index contributed by atoms with van der Waals surface area (Å²) in [5.41, 5.74) is 2.03. The van der Waals surface area contributed by atoms with Crippen molar-refractivity contribution in [2.75, 3.05) is 7.11 Å². The summed E-state index contributed by atoms with van der Waals surface area (Å²) in [6, 6.07) is 15.9. The smallest absolute Gasteiger partial charge is 0.120 e. The number of methoxy groups -OCH3 is 1. The molecule has 0 aliphatic carbocycles. The molecule has 3 rings (SSSR count). The molecule has 0 amide bonds. The van der Waals surface area contributed by atoms with Crippen molar-refractivity contribution in [3.8, 4) is 5.75 Å². The topological polar surface area (TPSA) is 22.1 Å². The van der Waals surface area contributed by atoms with Crippen molar-refractivity contribution >= 4 is 33.2 Å². The van der Waals surface area contributed by atoms with E-state index < -0.39 is 0 Å². The van der Waals surface area contributed by atoms with E-state index in [1.165, 1.54) is 0 Å². The Morgan fingerprint density at radius 1 is 1.16 bits per heavy atom. The van der Waals surface area contributed by atoms with Crippen LogP contribution in [0.1, 0.15) is 15.9 Å². The molecule has 2 nitrogen and oxygen atoms in total. The lowest BCUT2D eigenvalue weighted by atomic mass is 10.1. The van der Waals surface area contributed by atoms with Crippen molar-refractivity contribution in [3.05, 3.63) is 59.1 Å². The fraction of sp³-hybridized carbons (Fsp3) is 0.133. The van der Waals surface area contributed by atoms with Crippen molar-refractivity contribution in [1.82, 2.24) is 4.98 Å². The van der Waals surface area contributed by atoms with Crippen LogP contribution in [-0.4, -0.2) is 12.1 Å². The fourth-order valence-corrected chi connectivity index (χ4v) is 3.25. The Morgan fingerprint density at radius 2 is 1.95 bits per heavy atom.